The van der Waals surface area contributed by atoms with Gasteiger partial charge >= 0.3 is 5.69 Å². The summed E-state index contributed by atoms with van der Waals surface area (Å²) in [5.74, 6) is -0.834. The van der Waals surface area contributed by atoms with E-state index in [1.54, 1.807) is 13.0 Å². The second-order valence-corrected chi connectivity index (χ2v) is 5.42. The maximum Gasteiger partial charge on any atom is 0.312 e. The number of hydrogen-bond donors (Lipinski definition) is 1. The van der Waals surface area contributed by atoms with Crippen molar-refractivity contribution in [2.24, 2.45) is 0 Å². The van der Waals surface area contributed by atoms with Crippen molar-refractivity contribution in [2.75, 3.05) is 11.9 Å². The van der Waals surface area contributed by atoms with E-state index in [0.717, 1.165) is 6.07 Å². The van der Waals surface area contributed by atoms with Gasteiger partial charge in [-0.1, -0.05) is 17.7 Å². The number of aryl methyl sites for hydroxylation is 1. The summed E-state index contributed by atoms with van der Waals surface area (Å²) in [6, 6.07) is 8.07. The highest BCUT2D eigenvalue weighted by molar-refractivity contribution is 6.30. The van der Waals surface area contributed by atoms with Crippen LogP contribution in [0.1, 0.15) is 5.56 Å². The van der Waals surface area contributed by atoms with Crippen molar-refractivity contribution in [3.63, 3.8) is 0 Å². The number of anilines is 1. The summed E-state index contributed by atoms with van der Waals surface area (Å²) in [5.41, 5.74) is 0.0278. The molecule has 0 fully saturated rings. The fourth-order valence-electron chi connectivity index (χ4n) is 1.98. The molecule has 0 aliphatic carbocycles. The zero-order valence-corrected chi connectivity index (χ0v) is 13.6. The van der Waals surface area contributed by atoms with Gasteiger partial charge in [0.2, 0.25) is 0 Å². The van der Waals surface area contributed by atoms with Crippen LogP contribution < -0.4 is 10.1 Å². The highest BCUT2D eigenvalue weighted by Crippen LogP contribution is 2.30. The number of nitrogens with zero attached hydrogens (tertiary/aromatic N) is 2. The van der Waals surface area contributed by atoms with E-state index in [1.807, 2.05) is 0 Å². The molecular formula is C15H12ClN3O6. The Bertz CT molecular complexity index is 855. The number of carbonyl (C=O) groups is 1. The number of rotatable bonds is 6. The summed E-state index contributed by atoms with van der Waals surface area (Å²) < 4.78 is 5.13. The van der Waals surface area contributed by atoms with Crippen LogP contribution in [0.4, 0.5) is 17.1 Å². The molecule has 1 amide bonds. The van der Waals surface area contributed by atoms with Crippen LogP contribution in [0.5, 0.6) is 5.75 Å². The minimum Gasteiger partial charge on any atom is -0.477 e. The smallest absolute Gasteiger partial charge is 0.312 e. The molecule has 0 atom stereocenters. The van der Waals surface area contributed by atoms with Crippen molar-refractivity contribution < 1.29 is 19.4 Å². The lowest BCUT2D eigenvalue weighted by molar-refractivity contribution is -0.385. The van der Waals surface area contributed by atoms with E-state index in [4.69, 9.17) is 16.3 Å². The number of nitro groups is 2. The molecule has 1 N–H and O–H groups in total. The van der Waals surface area contributed by atoms with Crippen molar-refractivity contribution in [1.82, 2.24) is 0 Å². The van der Waals surface area contributed by atoms with E-state index >= 15 is 0 Å². The third kappa shape index (κ3) is 4.64. The van der Waals surface area contributed by atoms with Gasteiger partial charge in [-0.2, -0.15) is 0 Å². The number of hydrogen-bond acceptors (Lipinski definition) is 6. The van der Waals surface area contributed by atoms with E-state index in [9.17, 15) is 25.0 Å². The third-order valence-corrected chi connectivity index (χ3v) is 3.34. The van der Waals surface area contributed by atoms with Crippen molar-refractivity contribution >= 4 is 34.6 Å². The molecule has 130 valence electrons. The number of benzene rings is 2. The molecule has 25 heavy (non-hydrogen) atoms. The lowest BCUT2D eigenvalue weighted by atomic mass is 10.2. The Morgan fingerprint density at radius 3 is 2.44 bits per heavy atom. The minimum absolute atomic E-state index is 0.00908. The van der Waals surface area contributed by atoms with Crippen LogP contribution >= 0.6 is 11.6 Å². The monoisotopic (exact) mass is 365 g/mol. The molecule has 2 aromatic rings. The first-order valence-corrected chi connectivity index (χ1v) is 7.27. The van der Waals surface area contributed by atoms with Crippen LogP contribution in [-0.2, 0) is 4.79 Å². The molecule has 2 rings (SSSR count). The molecule has 0 aliphatic heterocycles. The minimum atomic E-state index is -0.698. The van der Waals surface area contributed by atoms with Crippen LogP contribution in [-0.4, -0.2) is 22.4 Å². The molecule has 0 aromatic heterocycles. The number of nitrogens with one attached hydrogen (secondary N) is 1. The third-order valence-electron chi connectivity index (χ3n) is 3.10. The summed E-state index contributed by atoms with van der Waals surface area (Å²) in [7, 11) is 0. The Hall–Kier alpha value is -3.20. The van der Waals surface area contributed by atoms with E-state index in [-0.39, 0.29) is 27.8 Å². The second-order valence-electron chi connectivity index (χ2n) is 4.98. The quantitative estimate of drug-likeness (QED) is 0.617. The number of halogens is 1. The largest absolute Gasteiger partial charge is 0.477 e. The highest BCUT2D eigenvalue weighted by Gasteiger charge is 2.19. The van der Waals surface area contributed by atoms with Crippen LogP contribution in [0.15, 0.2) is 36.4 Å². The predicted molar refractivity (Wildman–Crippen MR) is 90.1 cm³/mol. The van der Waals surface area contributed by atoms with Crippen molar-refractivity contribution in [1.29, 1.82) is 0 Å². The molecule has 0 aliphatic rings. The van der Waals surface area contributed by atoms with Gasteiger partial charge in [-0.3, -0.25) is 25.0 Å². The van der Waals surface area contributed by atoms with E-state index < -0.39 is 22.4 Å². The first-order valence-electron chi connectivity index (χ1n) is 6.89. The summed E-state index contributed by atoms with van der Waals surface area (Å²) in [6.07, 6.45) is 0. The summed E-state index contributed by atoms with van der Waals surface area (Å²) in [4.78, 5) is 32.6. The van der Waals surface area contributed by atoms with Crippen LogP contribution in [0.3, 0.4) is 0 Å². The second kappa shape index (κ2) is 7.58. The zero-order chi connectivity index (χ0) is 18.6. The molecule has 0 spiro atoms. The summed E-state index contributed by atoms with van der Waals surface area (Å²) in [5, 5.41) is 24.5. The number of ether oxygens (including phenoxy) is 1. The average Bonchev–Trinajstić information content (AvgIpc) is 2.55. The molecule has 0 radical (unpaired) electrons. The number of carbonyl (C=O) groups excluding carboxylic acids is 1. The van der Waals surface area contributed by atoms with Gasteiger partial charge in [0.25, 0.3) is 11.6 Å². The van der Waals surface area contributed by atoms with Gasteiger partial charge in [0.1, 0.15) is 5.69 Å². The fraction of sp³-hybridized carbons (Fsp3) is 0.133. The topological polar surface area (TPSA) is 125 Å². The molecule has 0 heterocycles. The van der Waals surface area contributed by atoms with Crippen molar-refractivity contribution in [3.05, 3.63) is 67.2 Å². The van der Waals surface area contributed by atoms with Crippen molar-refractivity contribution in [3.8, 4) is 5.75 Å². The predicted octanol–water partition coefficient (Wildman–Crippen LogP) is 3.48. The Morgan fingerprint density at radius 2 is 1.80 bits per heavy atom. The van der Waals surface area contributed by atoms with E-state index in [0.29, 0.717) is 5.56 Å². The normalized spacial score (nSPS) is 10.2. The van der Waals surface area contributed by atoms with E-state index in [2.05, 4.69) is 5.32 Å². The molecule has 0 saturated heterocycles. The lowest BCUT2D eigenvalue weighted by Gasteiger charge is -2.09. The average molecular weight is 366 g/mol. The molecule has 10 heteroatoms. The molecule has 9 nitrogen and oxygen atoms in total. The molecular weight excluding hydrogens is 354 g/mol. The fourth-order valence-corrected chi connectivity index (χ4v) is 2.15. The highest BCUT2D eigenvalue weighted by atomic mass is 35.5. The van der Waals surface area contributed by atoms with Gasteiger partial charge in [-0.05, 0) is 30.7 Å². The Balaban J connectivity index is 2.10. The Labute approximate surface area is 146 Å². The first-order chi connectivity index (χ1) is 11.8. The van der Waals surface area contributed by atoms with Gasteiger partial charge in [-0.15, -0.1) is 0 Å². The maximum atomic E-state index is 11.9. The first kappa shape index (κ1) is 18.1. The Morgan fingerprint density at radius 1 is 1.12 bits per heavy atom. The lowest BCUT2D eigenvalue weighted by Crippen LogP contribution is -2.21. The van der Waals surface area contributed by atoms with Gasteiger partial charge in [0.05, 0.1) is 9.85 Å². The SMILES string of the molecule is Cc1ccc(NC(=O)COc2ccc(Cl)cc2[N+](=O)[O-])c([N+](=O)[O-])c1. The summed E-state index contributed by atoms with van der Waals surface area (Å²) in [6.45, 7) is 1.12. The maximum absolute atomic E-state index is 11.9. The van der Waals surface area contributed by atoms with Gasteiger partial charge in [0.15, 0.2) is 12.4 Å². The van der Waals surface area contributed by atoms with Gasteiger partial charge in [0, 0.05) is 17.2 Å². The van der Waals surface area contributed by atoms with Crippen LogP contribution in [0.2, 0.25) is 5.02 Å². The standard InChI is InChI=1S/C15H12ClN3O6/c1-9-2-4-11(12(6-9)18(21)22)17-15(20)8-25-14-5-3-10(16)7-13(14)19(23)24/h2-7H,8H2,1H3,(H,17,20). The van der Waals surface area contributed by atoms with E-state index in [1.165, 1.54) is 24.3 Å². The molecule has 0 saturated carbocycles. The molecule has 0 bridgehead atoms. The Kier molecular flexibility index (Phi) is 5.50. The van der Waals surface area contributed by atoms with Gasteiger partial charge in [-0.25, -0.2) is 0 Å². The summed E-state index contributed by atoms with van der Waals surface area (Å²) >= 11 is 5.69. The number of amides is 1. The van der Waals surface area contributed by atoms with Crippen LogP contribution in [0, 0.1) is 27.2 Å². The zero-order valence-electron chi connectivity index (χ0n) is 12.9. The van der Waals surface area contributed by atoms with Crippen molar-refractivity contribution in [2.45, 2.75) is 6.92 Å². The van der Waals surface area contributed by atoms with Gasteiger partial charge < -0.3 is 10.1 Å². The number of nitro benzene ring substituents is 2. The molecule has 2 aromatic carbocycles. The molecule has 0 unspecified atom stereocenters. The van der Waals surface area contributed by atoms with Crippen LogP contribution in [0.25, 0.3) is 0 Å².